The second kappa shape index (κ2) is 10.8. The van der Waals surface area contributed by atoms with Crippen LogP contribution in [0, 0.1) is 0 Å². The van der Waals surface area contributed by atoms with Crippen molar-refractivity contribution in [2.24, 2.45) is 0 Å². The molecule has 1 N–H and O–H groups in total. The predicted octanol–water partition coefficient (Wildman–Crippen LogP) is 5.88. The van der Waals surface area contributed by atoms with Crippen LogP contribution in [0.2, 0.25) is 0 Å². The minimum atomic E-state index is -4.42. The fourth-order valence-corrected chi connectivity index (χ4v) is 3.26. The Labute approximate surface area is 190 Å². The van der Waals surface area contributed by atoms with Gasteiger partial charge in [-0.3, -0.25) is 4.79 Å². The highest BCUT2D eigenvalue weighted by atomic mass is 19.4. The molecule has 0 saturated heterocycles. The Bertz CT molecular complexity index is 1080. The molecule has 3 aromatic rings. The van der Waals surface area contributed by atoms with Gasteiger partial charge in [-0.05, 0) is 55.3 Å². The number of alkyl halides is 3. The molecule has 3 rings (SSSR count). The number of benzene rings is 2. The molecule has 0 spiro atoms. The van der Waals surface area contributed by atoms with Crippen LogP contribution in [0.1, 0.15) is 30.0 Å². The number of methoxy groups -OCH3 is 1. The van der Waals surface area contributed by atoms with Crippen LogP contribution in [0.25, 0.3) is 11.3 Å². The Balaban J connectivity index is 1.66. The number of pyridine rings is 1. The summed E-state index contributed by atoms with van der Waals surface area (Å²) in [5, 5.41) is 3.28. The van der Waals surface area contributed by atoms with Gasteiger partial charge in [0.25, 0.3) is 0 Å². The molecule has 2 aromatic carbocycles. The van der Waals surface area contributed by atoms with Crippen LogP contribution in [-0.4, -0.2) is 24.7 Å². The van der Waals surface area contributed by atoms with Gasteiger partial charge in [0, 0.05) is 29.8 Å². The van der Waals surface area contributed by atoms with Gasteiger partial charge in [0.2, 0.25) is 5.88 Å². The van der Waals surface area contributed by atoms with E-state index in [2.05, 4.69) is 10.3 Å². The third kappa shape index (κ3) is 6.71. The molecular formula is C25H25F3N2O3. The van der Waals surface area contributed by atoms with Gasteiger partial charge >= 0.3 is 12.1 Å². The van der Waals surface area contributed by atoms with Crippen LogP contribution in [-0.2, 0) is 28.7 Å². The van der Waals surface area contributed by atoms with Crippen LogP contribution in [0.5, 0.6) is 5.88 Å². The van der Waals surface area contributed by atoms with Crippen molar-refractivity contribution in [2.45, 2.75) is 32.5 Å². The Morgan fingerprint density at radius 2 is 1.82 bits per heavy atom. The molecule has 33 heavy (non-hydrogen) atoms. The normalized spacial score (nSPS) is 11.2. The highest BCUT2D eigenvalue weighted by molar-refractivity contribution is 5.69. The zero-order valence-electron chi connectivity index (χ0n) is 18.4. The third-order valence-corrected chi connectivity index (χ3v) is 4.98. The average Bonchev–Trinajstić information content (AvgIpc) is 2.81. The summed E-state index contributed by atoms with van der Waals surface area (Å²) in [4.78, 5) is 15.9. The second-order valence-electron chi connectivity index (χ2n) is 7.30. The number of rotatable bonds is 9. The number of halogens is 3. The maximum absolute atomic E-state index is 13.0. The summed E-state index contributed by atoms with van der Waals surface area (Å²) < 4.78 is 49.4. The molecule has 174 valence electrons. The van der Waals surface area contributed by atoms with Gasteiger partial charge in [-0.25, -0.2) is 4.98 Å². The summed E-state index contributed by atoms with van der Waals surface area (Å²) >= 11 is 0. The van der Waals surface area contributed by atoms with Crippen molar-refractivity contribution in [1.82, 2.24) is 4.98 Å². The number of anilines is 1. The van der Waals surface area contributed by atoms with Crippen molar-refractivity contribution in [3.05, 3.63) is 77.4 Å². The molecule has 0 unspecified atom stereocenters. The summed E-state index contributed by atoms with van der Waals surface area (Å²) in [7, 11) is 1.47. The monoisotopic (exact) mass is 458 g/mol. The number of carbonyl (C=O) groups excluding carboxylic acids is 1. The van der Waals surface area contributed by atoms with E-state index >= 15 is 0 Å². The average molecular weight is 458 g/mol. The van der Waals surface area contributed by atoms with E-state index in [4.69, 9.17) is 9.47 Å². The Morgan fingerprint density at radius 3 is 2.48 bits per heavy atom. The van der Waals surface area contributed by atoms with Crippen LogP contribution < -0.4 is 10.1 Å². The molecule has 0 bridgehead atoms. The molecule has 8 heteroatoms. The van der Waals surface area contributed by atoms with Gasteiger partial charge in [0.1, 0.15) is 0 Å². The predicted molar refractivity (Wildman–Crippen MR) is 120 cm³/mol. The van der Waals surface area contributed by atoms with E-state index in [0.717, 1.165) is 28.9 Å². The summed E-state index contributed by atoms with van der Waals surface area (Å²) in [5.74, 6) is 0.122. The number of nitrogens with one attached hydrogen (secondary N) is 1. The van der Waals surface area contributed by atoms with E-state index < -0.39 is 11.7 Å². The first kappa shape index (κ1) is 24.1. The first-order chi connectivity index (χ1) is 15.8. The van der Waals surface area contributed by atoms with Gasteiger partial charge in [-0.2, -0.15) is 13.2 Å². The molecular weight excluding hydrogens is 433 g/mol. The molecule has 1 heterocycles. The summed E-state index contributed by atoms with van der Waals surface area (Å²) in [6.45, 7) is 2.57. The Hall–Kier alpha value is -3.55. The molecule has 0 aliphatic rings. The molecule has 0 amide bonds. The second-order valence-corrected chi connectivity index (χ2v) is 7.30. The van der Waals surface area contributed by atoms with Crippen LogP contribution in [0.15, 0.2) is 60.7 Å². The zero-order chi connectivity index (χ0) is 23.8. The largest absolute Gasteiger partial charge is 0.481 e. The summed E-state index contributed by atoms with van der Waals surface area (Å²) in [6, 6.07) is 16.2. The van der Waals surface area contributed by atoms with Crippen molar-refractivity contribution in [1.29, 1.82) is 0 Å². The maximum Gasteiger partial charge on any atom is 0.416 e. The minimum Gasteiger partial charge on any atom is -0.481 e. The van der Waals surface area contributed by atoms with Crippen molar-refractivity contribution in [3.8, 4) is 17.1 Å². The number of aryl methyl sites for hydroxylation is 1. The topological polar surface area (TPSA) is 60.5 Å². The number of hydrogen-bond acceptors (Lipinski definition) is 5. The van der Waals surface area contributed by atoms with Gasteiger partial charge in [0.05, 0.1) is 25.0 Å². The smallest absolute Gasteiger partial charge is 0.416 e. The lowest BCUT2D eigenvalue weighted by atomic mass is 10.1. The van der Waals surface area contributed by atoms with Crippen molar-refractivity contribution in [3.63, 3.8) is 0 Å². The number of nitrogens with zero attached hydrogens (tertiary/aromatic N) is 1. The fourth-order valence-electron chi connectivity index (χ4n) is 3.26. The number of aromatic nitrogens is 1. The van der Waals surface area contributed by atoms with Crippen molar-refractivity contribution < 1.29 is 27.4 Å². The van der Waals surface area contributed by atoms with E-state index in [1.165, 1.54) is 13.2 Å². The SMILES string of the molecule is CCOC(=O)CCc1ccc(NCc2ccc(-c3cccc(C(F)(F)F)c3)nc2OC)cc1. The van der Waals surface area contributed by atoms with E-state index in [-0.39, 0.29) is 5.97 Å². The standard InChI is InChI=1S/C25H25F3N2O3/c1-3-33-23(31)14-9-17-7-11-21(12-8-17)29-16-19-10-13-22(30-24(19)32-2)18-5-4-6-20(15-18)25(26,27)28/h4-8,10-13,15,29H,3,9,14,16H2,1-2H3. The van der Waals surface area contributed by atoms with Crippen molar-refractivity contribution >= 4 is 11.7 Å². The molecule has 0 atom stereocenters. The van der Waals surface area contributed by atoms with Crippen LogP contribution >= 0.6 is 0 Å². The summed E-state index contributed by atoms with van der Waals surface area (Å²) in [5.41, 5.74) is 2.70. The minimum absolute atomic E-state index is 0.215. The highest BCUT2D eigenvalue weighted by Gasteiger charge is 2.30. The molecule has 0 aliphatic carbocycles. The van der Waals surface area contributed by atoms with E-state index in [0.29, 0.717) is 43.1 Å². The quantitative estimate of drug-likeness (QED) is 0.406. The summed E-state index contributed by atoms with van der Waals surface area (Å²) in [6.07, 6.45) is -3.48. The van der Waals surface area contributed by atoms with Crippen molar-refractivity contribution in [2.75, 3.05) is 19.0 Å². The first-order valence-corrected chi connectivity index (χ1v) is 10.5. The number of esters is 1. The highest BCUT2D eigenvalue weighted by Crippen LogP contribution is 2.32. The number of ether oxygens (including phenoxy) is 2. The molecule has 1 aromatic heterocycles. The lowest BCUT2D eigenvalue weighted by molar-refractivity contribution is -0.143. The molecule has 0 fully saturated rings. The number of hydrogen-bond donors (Lipinski definition) is 1. The Kier molecular flexibility index (Phi) is 7.92. The molecule has 0 saturated carbocycles. The van der Waals surface area contributed by atoms with Gasteiger partial charge in [-0.1, -0.05) is 24.3 Å². The van der Waals surface area contributed by atoms with E-state index in [1.807, 2.05) is 24.3 Å². The van der Waals surface area contributed by atoms with E-state index in [1.54, 1.807) is 25.1 Å². The van der Waals surface area contributed by atoms with E-state index in [9.17, 15) is 18.0 Å². The number of carbonyl (C=O) groups is 1. The molecule has 0 aliphatic heterocycles. The lowest BCUT2D eigenvalue weighted by Crippen LogP contribution is -2.06. The van der Waals surface area contributed by atoms with Crippen LogP contribution in [0.3, 0.4) is 0 Å². The van der Waals surface area contributed by atoms with Gasteiger partial charge < -0.3 is 14.8 Å². The maximum atomic E-state index is 13.0. The first-order valence-electron chi connectivity index (χ1n) is 10.5. The van der Waals surface area contributed by atoms with Crippen LogP contribution in [0.4, 0.5) is 18.9 Å². The lowest BCUT2D eigenvalue weighted by Gasteiger charge is -2.13. The van der Waals surface area contributed by atoms with Gasteiger partial charge in [0.15, 0.2) is 0 Å². The Morgan fingerprint density at radius 1 is 1.06 bits per heavy atom. The zero-order valence-corrected chi connectivity index (χ0v) is 18.4. The third-order valence-electron chi connectivity index (χ3n) is 4.98. The fraction of sp³-hybridized carbons (Fsp3) is 0.280. The molecule has 5 nitrogen and oxygen atoms in total. The molecule has 0 radical (unpaired) electrons. The van der Waals surface area contributed by atoms with Gasteiger partial charge in [-0.15, -0.1) is 0 Å².